The number of para-hydroxylation sites is 1. The van der Waals surface area contributed by atoms with E-state index in [1.165, 1.54) is 7.11 Å². The van der Waals surface area contributed by atoms with E-state index in [2.05, 4.69) is 9.30 Å². The first-order chi connectivity index (χ1) is 8.26. The number of carbonyl (C=O) groups is 1. The Morgan fingerprint density at radius 1 is 1.41 bits per heavy atom. The van der Waals surface area contributed by atoms with Crippen molar-refractivity contribution in [2.45, 2.75) is 19.5 Å². The summed E-state index contributed by atoms with van der Waals surface area (Å²) >= 11 is 0. The molecule has 1 heterocycles. The summed E-state index contributed by atoms with van der Waals surface area (Å²) in [6, 6.07) is 8.08. The first-order valence-electron chi connectivity index (χ1n) is 5.60. The molecule has 2 aromatic rings. The molecule has 0 amide bonds. The maximum absolute atomic E-state index is 11.1. The summed E-state index contributed by atoms with van der Waals surface area (Å²) in [5.74, 6) is -0.197. The molecule has 4 nitrogen and oxygen atoms in total. The van der Waals surface area contributed by atoms with Crippen LogP contribution in [-0.2, 0) is 22.6 Å². The molecular formula is C13H16N2O2. The van der Waals surface area contributed by atoms with Gasteiger partial charge in [0.25, 0.3) is 0 Å². The Kier molecular flexibility index (Phi) is 3.44. The van der Waals surface area contributed by atoms with E-state index in [1.807, 2.05) is 30.5 Å². The van der Waals surface area contributed by atoms with Gasteiger partial charge in [-0.15, -0.1) is 0 Å². The second-order valence-corrected chi connectivity index (χ2v) is 3.89. The molecule has 17 heavy (non-hydrogen) atoms. The molecule has 90 valence electrons. The van der Waals surface area contributed by atoms with Gasteiger partial charge in [0.2, 0.25) is 0 Å². The van der Waals surface area contributed by atoms with Crippen LogP contribution in [0.25, 0.3) is 10.9 Å². The van der Waals surface area contributed by atoms with Crippen LogP contribution in [0, 0.1) is 0 Å². The minimum Gasteiger partial charge on any atom is -0.469 e. The molecule has 0 saturated heterocycles. The summed E-state index contributed by atoms with van der Waals surface area (Å²) in [7, 11) is 1.40. The third-order valence-electron chi connectivity index (χ3n) is 2.88. The van der Waals surface area contributed by atoms with Crippen LogP contribution in [0.3, 0.4) is 0 Å². The number of esters is 1. The average Bonchev–Trinajstić information content (AvgIpc) is 2.79. The molecule has 2 N–H and O–H groups in total. The molecule has 0 fully saturated rings. The number of aromatic nitrogens is 1. The third kappa shape index (κ3) is 2.31. The lowest BCUT2D eigenvalue weighted by molar-refractivity contribution is -0.140. The van der Waals surface area contributed by atoms with Gasteiger partial charge in [-0.3, -0.25) is 4.79 Å². The van der Waals surface area contributed by atoms with Gasteiger partial charge in [-0.05, 0) is 17.0 Å². The maximum atomic E-state index is 11.1. The lowest BCUT2D eigenvalue weighted by Crippen LogP contribution is -2.07. The van der Waals surface area contributed by atoms with Gasteiger partial charge in [0.05, 0.1) is 19.0 Å². The van der Waals surface area contributed by atoms with E-state index in [4.69, 9.17) is 5.73 Å². The van der Waals surface area contributed by atoms with E-state index in [0.29, 0.717) is 19.5 Å². The number of hydrogen-bond acceptors (Lipinski definition) is 3. The van der Waals surface area contributed by atoms with Crippen LogP contribution in [0.4, 0.5) is 0 Å². The Bertz CT molecular complexity index is 531. The summed E-state index contributed by atoms with van der Waals surface area (Å²) in [5.41, 5.74) is 7.93. The fraction of sp³-hybridized carbons (Fsp3) is 0.308. The summed E-state index contributed by atoms with van der Waals surface area (Å²) in [5, 5.41) is 1.15. The van der Waals surface area contributed by atoms with Crippen molar-refractivity contribution in [3.8, 4) is 0 Å². The molecule has 2 rings (SSSR count). The normalized spacial score (nSPS) is 10.7. The Labute approximate surface area is 100.0 Å². The number of nitrogens with zero attached hydrogens (tertiary/aromatic N) is 1. The molecule has 1 aromatic heterocycles. The highest BCUT2D eigenvalue weighted by Gasteiger charge is 2.07. The third-order valence-corrected chi connectivity index (χ3v) is 2.88. The quantitative estimate of drug-likeness (QED) is 0.816. The molecule has 0 saturated carbocycles. The zero-order valence-electron chi connectivity index (χ0n) is 9.85. The van der Waals surface area contributed by atoms with Gasteiger partial charge >= 0.3 is 5.97 Å². The number of benzene rings is 1. The zero-order valence-corrected chi connectivity index (χ0v) is 9.85. The summed E-state index contributed by atoms with van der Waals surface area (Å²) in [4.78, 5) is 11.1. The number of ether oxygens (including phenoxy) is 1. The van der Waals surface area contributed by atoms with Gasteiger partial charge in [-0.1, -0.05) is 18.2 Å². The van der Waals surface area contributed by atoms with E-state index in [1.54, 1.807) is 0 Å². The smallest absolute Gasteiger partial charge is 0.307 e. The highest BCUT2D eigenvalue weighted by atomic mass is 16.5. The van der Waals surface area contributed by atoms with E-state index in [9.17, 15) is 4.79 Å². The highest BCUT2D eigenvalue weighted by molar-refractivity contribution is 5.83. The summed E-state index contributed by atoms with van der Waals surface area (Å²) < 4.78 is 6.69. The van der Waals surface area contributed by atoms with Crippen LogP contribution in [0.2, 0.25) is 0 Å². The molecule has 0 bridgehead atoms. The van der Waals surface area contributed by atoms with E-state index < -0.39 is 0 Å². The van der Waals surface area contributed by atoms with Gasteiger partial charge in [0, 0.05) is 19.3 Å². The SMILES string of the molecule is COC(=O)CCn1ccc2cccc(CN)c21. The van der Waals surface area contributed by atoms with Crippen molar-refractivity contribution in [1.82, 2.24) is 4.57 Å². The monoisotopic (exact) mass is 232 g/mol. The molecule has 0 aliphatic heterocycles. The minimum atomic E-state index is -0.197. The molecule has 0 aliphatic rings. The molecule has 1 aromatic carbocycles. The van der Waals surface area contributed by atoms with Gasteiger partial charge in [0.15, 0.2) is 0 Å². The van der Waals surface area contributed by atoms with Crippen molar-refractivity contribution < 1.29 is 9.53 Å². The molecule has 0 aliphatic carbocycles. The van der Waals surface area contributed by atoms with Crippen molar-refractivity contribution in [3.05, 3.63) is 36.0 Å². The number of fused-ring (bicyclic) bond motifs is 1. The van der Waals surface area contributed by atoms with Crippen molar-refractivity contribution in [2.75, 3.05) is 7.11 Å². The van der Waals surface area contributed by atoms with Crippen LogP contribution in [-0.4, -0.2) is 17.6 Å². The molecule has 4 heteroatoms. The largest absolute Gasteiger partial charge is 0.469 e. The second kappa shape index (κ2) is 5.01. The lowest BCUT2D eigenvalue weighted by atomic mass is 10.1. The lowest BCUT2D eigenvalue weighted by Gasteiger charge is -2.07. The van der Waals surface area contributed by atoms with Crippen LogP contribution in [0.15, 0.2) is 30.5 Å². The number of carbonyl (C=O) groups excluding carboxylic acids is 1. The molecule has 0 spiro atoms. The first kappa shape index (κ1) is 11.7. The zero-order chi connectivity index (χ0) is 12.3. The Hall–Kier alpha value is -1.81. The Morgan fingerprint density at radius 3 is 2.94 bits per heavy atom. The minimum absolute atomic E-state index is 0.197. The van der Waals surface area contributed by atoms with Gasteiger partial charge in [0.1, 0.15) is 0 Å². The van der Waals surface area contributed by atoms with E-state index >= 15 is 0 Å². The Morgan fingerprint density at radius 2 is 2.24 bits per heavy atom. The van der Waals surface area contributed by atoms with Crippen molar-refractivity contribution in [2.24, 2.45) is 5.73 Å². The maximum Gasteiger partial charge on any atom is 0.307 e. The molecule has 0 radical (unpaired) electrons. The molecule has 0 unspecified atom stereocenters. The van der Waals surface area contributed by atoms with Gasteiger partial charge < -0.3 is 15.0 Å². The summed E-state index contributed by atoms with van der Waals surface area (Å²) in [6.45, 7) is 1.12. The number of rotatable bonds is 4. The number of nitrogens with two attached hydrogens (primary N) is 1. The molecule has 0 atom stereocenters. The van der Waals surface area contributed by atoms with Crippen molar-refractivity contribution in [1.29, 1.82) is 0 Å². The number of hydrogen-bond donors (Lipinski definition) is 1. The van der Waals surface area contributed by atoms with Crippen molar-refractivity contribution in [3.63, 3.8) is 0 Å². The predicted molar refractivity (Wildman–Crippen MR) is 66.5 cm³/mol. The fourth-order valence-corrected chi connectivity index (χ4v) is 2.01. The highest BCUT2D eigenvalue weighted by Crippen LogP contribution is 2.20. The standard InChI is InChI=1S/C13H16N2O2/c1-17-12(16)6-8-15-7-5-10-3-2-4-11(9-14)13(10)15/h2-5,7H,6,8-9,14H2,1H3. The van der Waals surface area contributed by atoms with Gasteiger partial charge in [-0.2, -0.15) is 0 Å². The average molecular weight is 232 g/mol. The predicted octanol–water partition coefficient (Wildman–Crippen LogP) is 1.66. The number of methoxy groups -OCH3 is 1. The van der Waals surface area contributed by atoms with E-state index in [-0.39, 0.29) is 5.97 Å². The van der Waals surface area contributed by atoms with Crippen LogP contribution in [0.1, 0.15) is 12.0 Å². The van der Waals surface area contributed by atoms with Gasteiger partial charge in [-0.25, -0.2) is 0 Å². The van der Waals surface area contributed by atoms with Crippen molar-refractivity contribution >= 4 is 16.9 Å². The number of aryl methyl sites for hydroxylation is 1. The molecular weight excluding hydrogens is 216 g/mol. The fourth-order valence-electron chi connectivity index (χ4n) is 2.01. The first-order valence-corrected chi connectivity index (χ1v) is 5.60. The topological polar surface area (TPSA) is 57.2 Å². The van der Waals surface area contributed by atoms with E-state index in [0.717, 1.165) is 16.5 Å². The van der Waals surface area contributed by atoms with Crippen LogP contribution < -0.4 is 5.73 Å². The van der Waals surface area contributed by atoms with Crippen LogP contribution in [0.5, 0.6) is 0 Å². The van der Waals surface area contributed by atoms with Crippen LogP contribution >= 0.6 is 0 Å². The Balaban J connectivity index is 2.31. The summed E-state index contributed by atoms with van der Waals surface area (Å²) in [6.07, 6.45) is 2.35. The second-order valence-electron chi connectivity index (χ2n) is 3.89.